The highest BCUT2D eigenvalue weighted by Crippen LogP contribution is 2.10. The van der Waals surface area contributed by atoms with Crippen LogP contribution in [0.2, 0.25) is 0 Å². The minimum Gasteiger partial charge on any atom is -0.324 e. The molecule has 12 nitrogen and oxygen atoms in total. The third-order valence-electron chi connectivity index (χ3n) is 5.15. The first-order chi connectivity index (χ1) is 15.3. The van der Waals surface area contributed by atoms with Crippen molar-refractivity contribution in [2.45, 2.75) is 45.9 Å². The quantitative estimate of drug-likeness (QED) is 0.427. The van der Waals surface area contributed by atoms with Gasteiger partial charge < -0.3 is 4.57 Å². The minimum atomic E-state index is -0.829. The molecule has 32 heavy (non-hydrogen) atoms. The van der Waals surface area contributed by atoms with Crippen molar-refractivity contribution in [3.63, 3.8) is 0 Å². The molecule has 0 amide bonds. The minimum absolute atomic E-state index is 0.0894. The van der Waals surface area contributed by atoms with Crippen molar-refractivity contribution in [1.82, 2.24) is 32.8 Å². The van der Waals surface area contributed by atoms with Crippen LogP contribution in [0.5, 0.6) is 0 Å². The fraction of sp³-hybridized carbons (Fsp3) is 0.400. The molecule has 3 aromatic rings. The Bertz CT molecular complexity index is 1440. The number of hydrogen-bond acceptors (Lipinski definition) is 6. The van der Waals surface area contributed by atoms with Crippen molar-refractivity contribution in [3.8, 4) is 0 Å². The highest BCUT2D eigenvalue weighted by molar-refractivity contribution is 5.70. The van der Waals surface area contributed by atoms with Gasteiger partial charge in [0.25, 0.3) is 5.56 Å². The molecule has 0 atom stereocenters. The highest BCUT2D eigenvalue weighted by atomic mass is 16.2. The molecule has 0 spiro atoms. The normalized spacial score (nSPS) is 11.2. The van der Waals surface area contributed by atoms with Crippen LogP contribution in [-0.4, -0.2) is 32.8 Å². The average Bonchev–Trinajstić information content (AvgIpc) is 3.08. The Morgan fingerprint density at radius 3 is 2.00 bits per heavy atom. The van der Waals surface area contributed by atoms with Gasteiger partial charge in [-0.05, 0) is 6.42 Å². The lowest BCUT2D eigenvalue weighted by Crippen LogP contribution is -2.54. The van der Waals surface area contributed by atoms with Crippen LogP contribution in [0, 0.1) is 0 Å². The fourth-order valence-corrected chi connectivity index (χ4v) is 3.49. The largest absolute Gasteiger partial charge is 0.337 e. The predicted molar refractivity (Wildman–Crippen MR) is 119 cm³/mol. The summed E-state index contributed by atoms with van der Waals surface area (Å²) in [6, 6.07) is 0. The second kappa shape index (κ2) is 9.04. The van der Waals surface area contributed by atoms with E-state index in [0.717, 1.165) is 20.1 Å². The van der Waals surface area contributed by atoms with Gasteiger partial charge in [-0.15, -0.1) is 13.2 Å². The summed E-state index contributed by atoms with van der Waals surface area (Å²) in [7, 11) is 1.56. The van der Waals surface area contributed by atoms with Crippen LogP contribution >= 0.6 is 0 Å². The topological polar surface area (TPSA) is 139 Å². The number of H-pyrrole nitrogens is 1. The van der Waals surface area contributed by atoms with E-state index in [1.807, 2.05) is 6.92 Å². The van der Waals surface area contributed by atoms with Crippen LogP contribution < -0.4 is 28.3 Å². The van der Waals surface area contributed by atoms with Crippen molar-refractivity contribution in [2.75, 3.05) is 0 Å². The molecule has 3 aromatic heterocycles. The molecule has 0 bridgehead atoms. The maximum absolute atomic E-state index is 12.9. The zero-order chi connectivity index (χ0) is 23.6. The van der Waals surface area contributed by atoms with Gasteiger partial charge >= 0.3 is 22.8 Å². The molecular formula is C20H25N7O5. The molecule has 3 rings (SSSR count). The van der Waals surface area contributed by atoms with E-state index in [0.29, 0.717) is 13.0 Å². The molecule has 170 valence electrons. The second-order valence-corrected chi connectivity index (χ2v) is 7.26. The van der Waals surface area contributed by atoms with Crippen LogP contribution in [0.3, 0.4) is 0 Å². The van der Waals surface area contributed by atoms with Gasteiger partial charge in [0.05, 0.1) is 19.6 Å². The summed E-state index contributed by atoms with van der Waals surface area (Å²) in [6.45, 7) is 8.92. The van der Waals surface area contributed by atoms with Gasteiger partial charge in [0, 0.05) is 13.6 Å². The number of allylic oxidation sites excluding steroid dienone is 2. The van der Waals surface area contributed by atoms with E-state index >= 15 is 0 Å². The Balaban J connectivity index is 2.28. The maximum Gasteiger partial charge on any atom is 0.337 e. The Hall–Kier alpha value is -3.96. The van der Waals surface area contributed by atoms with Crippen molar-refractivity contribution in [1.29, 1.82) is 0 Å². The third kappa shape index (κ3) is 3.74. The van der Waals surface area contributed by atoms with Crippen LogP contribution in [0.1, 0.15) is 25.6 Å². The fourth-order valence-electron chi connectivity index (χ4n) is 3.49. The van der Waals surface area contributed by atoms with Crippen LogP contribution in [-0.2, 0) is 33.2 Å². The van der Waals surface area contributed by atoms with Gasteiger partial charge in [-0.1, -0.05) is 25.5 Å². The number of aromatic amines is 1. The number of aromatic nitrogens is 7. The smallest absolute Gasteiger partial charge is 0.324 e. The van der Waals surface area contributed by atoms with Crippen LogP contribution in [0.25, 0.3) is 11.2 Å². The number of rotatable bonds is 9. The lowest BCUT2D eigenvalue weighted by molar-refractivity contribution is 0.489. The van der Waals surface area contributed by atoms with Crippen molar-refractivity contribution in [3.05, 3.63) is 83.4 Å². The van der Waals surface area contributed by atoms with Crippen LogP contribution in [0.15, 0.2) is 49.3 Å². The summed E-state index contributed by atoms with van der Waals surface area (Å²) in [5, 5.41) is 0. The van der Waals surface area contributed by atoms with E-state index in [1.165, 1.54) is 21.3 Å². The molecule has 0 radical (unpaired) electrons. The Morgan fingerprint density at radius 1 is 0.906 bits per heavy atom. The van der Waals surface area contributed by atoms with Gasteiger partial charge in [-0.2, -0.15) is 0 Å². The molecule has 0 aliphatic heterocycles. The SMILES string of the molecule is C=CCn1c(=O)n(CC=C)c(=O)n(Cc2nc3c(c(=O)[nH]c(=O)n3CCCC)n2C)c1=O. The molecular weight excluding hydrogens is 418 g/mol. The van der Waals surface area contributed by atoms with Gasteiger partial charge in [0.15, 0.2) is 11.2 Å². The van der Waals surface area contributed by atoms with Gasteiger partial charge in [-0.25, -0.2) is 37.9 Å². The maximum atomic E-state index is 12.9. The van der Waals surface area contributed by atoms with Gasteiger partial charge in [0.1, 0.15) is 5.82 Å². The number of unbranched alkanes of at least 4 members (excludes halogenated alkanes) is 1. The highest BCUT2D eigenvalue weighted by Gasteiger charge is 2.20. The molecule has 0 fully saturated rings. The lowest BCUT2D eigenvalue weighted by Gasteiger charge is -2.12. The number of fused-ring (bicyclic) bond motifs is 1. The Kier molecular flexibility index (Phi) is 6.42. The number of nitrogens with zero attached hydrogens (tertiary/aromatic N) is 6. The van der Waals surface area contributed by atoms with E-state index < -0.39 is 28.3 Å². The number of aryl methyl sites for hydroxylation is 2. The zero-order valence-corrected chi connectivity index (χ0v) is 18.0. The summed E-state index contributed by atoms with van der Waals surface area (Å²) in [4.78, 5) is 69.8. The third-order valence-corrected chi connectivity index (χ3v) is 5.15. The van der Waals surface area contributed by atoms with E-state index in [9.17, 15) is 24.0 Å². The second-order valence-electron chi connectivity index (χ2n) is 7.26. The summed E-state index contributed by atoms with van der Waals surface area (Å²) < 4.78 is 5.41. The van der Waals surface area contributed by atoms with E-state index in [4.69, 9.17) is 0 Å². The van der Waals surface area contributed by atoms with Crippen molar-refractivity contribution in [2.24, 2.45) is 7.05 Å². The number of nitrogens with one attached hydrogen (secondary N) is 1. The zero-order valence-electron chi connectivity index (χ0n) is 18.0. The number of imidazole rings is 1. The van der Waals surface area contributed by atoms with E-state index in [-0.39, 0.29) is 36.6 Å². The first kappa shape index (κ1) is 22.7. The van der Waals surface area contributed by atoms with Gasteiger partial charge in [0.2, 0.25) is 0 Å². The standard InChI is InChI=1S/C20H25N7O5/c1-5-8-11-24-15-14(16(28)22-17(24)29)23(4)13(21-15)12-27-19(31)25(9-6-2)18(30)26(10-7-3)20(27)32/h6-7H,2-3,5,8-12H2,1,4H3,(H,22,28,29). The molecule has 3 heterocycles. The molecule has 0 aliphatic carbocycles. The summed E-state index contributed by atoms with van der Waals surface area (Å²) in [5.74, 6) is 0.203. The average molecular weight is 443 g/mol. The molecule has 12 heteroatoms. The van der Waals surface area contributed by atoms with E-state index in [1.54, 1.807) is 7.05 Å². The number of hydrogen-bond donors (Lipinski definition) is 1. The summed E-state index contributed by atoms with van der Waals surface area (Å²) in [6.07, 6.45) is 4.27. The molecule has 0 unspecified atom stereocenters. The monoisotopic (exact) mass is 443 g/mol. The Labute approximate surface area is 181 Å². The van der Waals surface area contributed by atoms with Gasteiger partial charge in [-0.3, -0.25) is 14.3 Å². The summed E-state index contributed by atoms with van der Waals surface area (Å²) >= 11 is 0. The predicted octanol–water partition coefficient (Wildman–Crippen LogP) is -0.871. The first-order valence-electron chi connectivity index (χ1n) is 10.1. The molecule has 0 saturated carbocycles. The Morgan fingerprint density at radius 2 is 1.47 bits per heavy atom. The molecule has 0 aliphatic rings. The van der Waals surface area contributed by atoms with Crippen molar-refractivity contribution >= 4 is 11.2 Å². The van der Waals surface area contributed by atoms with Crippen molar-refractivity contribution < 1.29 is 0 Å². The molecule has 0 saturated heterocycles. The van der Waals surface area contributed by atoms with E-state index in [2.05, 4.69) is 23.1 Å². The van der Waals surface area contributed by atoms with Crippen LogP contribution in [0.4, 0.5) is 0 Å². The lowest BCUT2D eigenvalue weighted by atomic mass is 10.3. The molecule has 1 N–H and O–H groups in total. The molecule has 0 aromatic carbocycles. The first-order valence-corrected chi connectivity index (χ1v) is 10.1. The summed E-state index contributed by atoms with van der Waals surface area (Å²) in [5.41, 5.74) is -3.31.